The van der Waals surface area contributed by atoms with E-state index in [1.165, 1.54) is 12.1 Å². The van der Waals surface area contributed by atoms with E-state index >= 15 is 0 Å². The highest BCUT2D eigenvalue weighted by molar-refractivity contribution is 6.30. The normalized spacial score (nSPS) is 16.1. The van der Waals surface area contributed by atoms with Gasteiger partial charge >= 0.3 is 0 Å². The lowest BCUT2D eigenvalue weighted by molar-refractivity contribution is 0.0750. The summed E-state index contributed by atoms with van der Waals surface area (Å²) in [7, 11) is 0. The first-order chi connectivity index (χ1) is 11.5. The molecule has 2 aliphatic rings. The molecular formula is C17H16ClFN4O. The molecule has 0 atom stereocenters. The molecule has 5 nitrogen and oxygen atoms in total. The van der Waals surface area contributed by atoms with Gasteiger partial charge in [-0.3, -0.25) is 4.79 Å². The van der Waals surface area contributed by atoms with Crippen LogP contribution in [0, 0.1) is 12.7 Å². The van der Waals surface area contributed by atoms with E-state index < -0.39 is 5.82 Å². The van der Waals surface area contributed by atoms with E-state index in [4.69, 9.17) is 11.6 Å². The van der Waals surface area contributed by atoms with Crippen LogP contribution >= 0.6 is 11.6 Å². The number of anilines is 1. The zero-order valence-corrected chi connectivity index (χ0v) is 14.0. The van der Waals surface area contributed by atoms with E-state index in [-0.39, 0.29) is 10.9 Å². The van der Waals surface area contributed by atoms with Gasteiger partial charge in [0.25, 0.3) is 5.91 Å². The van der Waals surface area contributed by atoms with E-state index in [0.29, 0.717) is 24.5 Å². The molecule has 1 amide bonds. The summed E-state index contributed by atoms with van der Waals surface area (Å²) >= 11 is 5.69. The lowest BCUT2D eigenvalue weighted by Crippen LogP contribution is -2.38. The molecule has 2 aromatic rings. The first-order valence-corrected chi connectivity index (χ1v) is 8.26. The molecule has 0 unspecified atom stereocenters. The third kappa shape index (κ3) is 2.51. The molecule has 1 saturated heterocycles. The maximum absolute atomic E-state index is 13.6. The summed E-state index contributed by atoms with van der Waals surface area (Å²) in [5.74, 6) is 0.829. The van der Waals surface area contributed by atoms with Gasteiger partial charge in [0.2, 0.25) is 0 Å². The molecule has 0 N–H and O–H groups in total. The van der Waals surface area contributed by atoms with Gasteiger partial charge < -0.3 is 9.80 Å². The van der Waals surface area contributed by atoms with Crippen molar-refractivity contribution in [2.45, 2.75) is 26.4 Å². The van der Waals surface area contributed by atoms with Gasteiger partial charge in [-0.2, -0.15) is 0 Å². The Morgan fingerprint density at radius 1 is 1.25 bits per heavy atom. The van der Waals surface area contributed by atoms with Gasteiger partial charge in [-0.15, -0.1) is 0 Å². The van der Waals surface area contributed by atoms with E-state index in [9.17, 15) is 9.18 Å². The smallest absolute Gasteiger partial charge is 0.254 e. The molecule has 0 spiro atoms. The molecule has 0 saturated carbocycles. The number of halogens is 2. The van der Waals surface area contributed by atoms with Crippen LogP contribution in [-0.4, -0.2) is 33.9 Å². The molecule has 0 radical (unpaired) electrons. The van der Waals surface area contributed by atoms with Crippen LogP contribution in [0.3, 0.4) is 0 Å². The Balaban J connectivity index is 1.63. The van der Waals surface area contributed by atoms with Crippen molar-refractivity contribution < 1.29 is 9.18 Å². The van der Waals surface area contributed by atoms with Gasteiger partial charge in [-0.1, -0.05) is 11.6 Å². The number of carbonyl (C=O) groups excluding carboxylic acids is 1. The molecule has 0 aliphatic carbocycles. The maximum atomic E-state index is 13.6. The minimum absolute atomic E-state index is 0.0119. The maximum Gasteiger partial charge on any atom is 0.254 e. The van der Waals surface area contributed by atoms with Crippen LogP contribution in [0.15, 0.2) is 18.2 Å². The average molecular weight is 347 g/mol. The molecule has 1 fully saturated rings. The van der Waals surface area contributed by atoms with E-state index in [1.54, 1.807) is 11.0 Å². The molecule has 0 bridgehead atoms. The topological polar surface area (TPSA) is 49.3 Å². The van der Waals surface area contributed by atoms with Crippen LogP contribution in [-0.2, 0) is 13.1 Å². The molecule has 24 heavy (non-hydrogen) atoms. The number of aryl methyl sites for hydroxylation is 1. The zero-order valence-electron chi connectivity index (χ0n) is 13.2. The van der Waals surface area contributed by atoms with Crippen LogP contribution in [0.1, 0.15) is 33.9 Å². The Morgan fingerprint density at radius 2 is 2.04 bits per heavy atom. The van der Waals surface area contributed by atoms with Crippen molar-refractivity contribution in [1.29, 1.82) is 0 Å². The minimum atomic E-state index is -0.587. The van der Waals surface area contributed by atoms with Crippen molar-refractivity contribution in [2.24, 2.45) is 0 Å². The first kappa shape index (κ1) is 15.3. The summed E-state index contributed by atoms with van der Waals surface area (Å²) in [5.41, 5.74) is 2.18. The van der Waals surface area contributed by atoms with Gasteiger partial charge in [-0.25, -0.2) is 14.4 Å². The molecule has 124 valence electrons. The molecule has 2 aliphatic heterocycles. The standard InChI is InChI=1S/C17H16ClFN4O/c1-10-20-15-9-23(8-12(15)16(21-10)22-5-2-6-22)17(24)11-3-4-13(18)14(19)7-11/h3-4,7H,2,5-6,8-9H2,1H3. The zero-order chi connectivity index (χ0) is 16.8. The van der Waals surface area contributed by atoms with E-state index in [1.807, 2.05) is 6.92 Å². The van der Waals surface area contributed by atoms with Crippen molar-refractivity contribution >= 4 is 23.3 Å². The summed E-state index contributed by atoms with van der Waals surface area (Å²) in [6, 6.07) is 4.13. The predicted molar refractivity (Wildman–Crippen MR) is 88.6 cm³/mol. The van der Waals surface area contributed by atoms with Gasteiger partial charge in [0, 0.05) is 24.2 Å². The van der Waals surface area contributed by atoms with Gasteiger partial charge in [-0.05, 0) is 31.5 Å². The Labute approximate surface area is 144 Å². The first-order valence-electron chi connectivity index (χ1n) is 7.88. The van der Waals surface area contributed by atoms with Crippen LogP contribution in [0.4, 0.5) is 10.2 Å². The number of rotatable bonds is 2. The Kier molecular flexibility index (Phi) is 3.64. The predicted octanol–water partition coefficient (Wildman–Crippen LogP) is 2.94. The molecular weight excluding hydrogens is 331 g/mol. The SMILES string of the molecule is Cc1nc2c(c(N3CCC3)n1)CN(C(=O)c1ccc(Cl)c(F)c1)C2. The number of carbonyl (C=O) groups is 1. The van der Waals surface area contributed by atoms with Crippen LogP contribution in [0.2, 0.25) is 5.02 Å². The van der Waals surface area contributed by atoms with E-state index in [2.05, 4.69) is 14.9 Å². The summed E-state index contributed by atoms with van der Waals surface area (Å²) in [6.07, 6.45) is 1.16. The lowest BCUT2D eigenvalue weighted by Gasteiger charge is -2.33. The second-order valence-corrected chi connectivity index (χ2v) is 6.56. The second-order valence-electron chi connectivity index (χ2n) is 6.15. The van der Waals surface area contributed by atoms with Crippen LogP contribution < -0.4 is 4.90 Å². The Bertz CT molecular complexity index is 838. The number of amides is 1. The fourth-order valence-electron chi connectivity index (χ4n) is 3.10. The van der Waals surface area contributed by atoms with Gasteiger partial charge in [0.15, 0.2) is 0 Å². The fourth-order valence-corrected chi connectivity index (χ4v) is 3.22. The number of nitrogens with zero attached hydrogens (tertiary/aromatic N) is 4. The number of hydrogen-bond acceptors (Lipinski definition) is 4. The summed E-state index contributed by atoms with van der Waals surface area (Å²) in [4.78, 5) is 25.6. The van der Waals surface area contributed by atoms with Crippen LogP contribution in [0.5, 0.6) is 0 Å². The molecule has 7 heteroatoms. The lowest BCUT2D eigenvalue weighted by atomic mass is 10.1. The van der Waals surface area contributed by atoms with Crippen molar-refractivity contribution in [3.05, 3.63) is 51.7 Å². The molecule has 4 rings (SSSR count). The molecule has 1 aromatic heterocycles. The van der Waals surface area contributed by atoms with Gasteiger partial charge in [0.1, 0.15) is 17.5 Å². The highest BCUT2D eigenvalue weighted by atomic mass is 35.5. The van der Waals surface area contributed by atoms with Crippen molar-refractivity contribution in [3.63, 3.8) is 0 Å². The molecule has 1 aromatic carbocycles. The largest absolute Gasteiger partial charge is 0.356 e. The number of hydrogen-bond donors (Lipinski definition) is 0. The number of fused-ring (bicyclic) bond motifs is 1. The number of benzene rings is 1. The summed E-state index contributed by atoms with van der Waals surface area (Å²) in [6.45, 7) is 4.70. The number of aromatic nitrogens is 2. The second kappa shape index (κ2) is 5.70. The monoisotopic (exact) mass is 346 g/mol. The third-order valence-corrected chi connectivity index (χ3v) is 4.79. The molecule has 3 heterocycles. The van der Waals surface area contributed by atoms with E-state index in [0.717, 1.165) is 36.6 Å². The fraction of sp³-hybridized carbons (Fsp3) is 0.353. The van der Waals surface area contributed by atoms with Crippen molar-refractivity contribution in [3.8, 4) is 0 Å². The summed E-state index contributed by atoms with van der Waals surface area (Å²) in [5, 5.41) is 0.0119. The highest BCUT2D eigenvalue weighted by Gasteiger charge is 2.31. The van der Waals surface area contributed by atoms with Crippen molar-refractivity contribution in [2.75, 3.05) is 18.0 Å². The quantitative estimate of drug-likeness (QED) is 0.839. The average Bonchev–Trinajstić information content (AvgIpc) is 2.91. The highest BCUT2D eigenvalue weighted by Crippen LogP contribution is 2.32. The Hall–Kier alpha value is -2.21. The summed E-state index contributed by atoms with van der Waals surface area (Å²) < 4.78 is 13.6. The Morgan fingerprint density at radius 3 is 2.71 bits per heavy atom. The van der Waals surface area contributed by atoms with Gasteiger partial charge in [0.05, 0.1) is 23.8 Å². The third-order valence-electron chi connectivity index (χ3n) is 4.48. The van der Waals surface area contributed by atoms with Crippen LogP contribution in [0.25, 0.3) is 0 Å². The minimum Gasteiger partial charge on any atom is -0.356 e. The van der Waals surface area contributed by atoms with Crippen molar-refractivity contribution in [1.82, 2.24) is 14.9 Å².